The summed E-state index contributed by atoms with van der Waals surface area (Å²) in [6.45, 7) is 2.06. The molecule has 0 fully saturated rings. The molecule has 0 aliphatic carbocycles. The number of thioether (sulfide) groups is 1. The van der Waals surface area contributed by atoms with E-state index in [1.54, 1.807) is 35.8 Å². The number of tetrazole rings is 1. The number of nitrogens with one attached hydrogen (secondary N) is 1. The summed E-state index contributed by atoms with van der Waals surface area (Å²) < 4.78 is 13.0. The Labute approximate surface area is 179 Å². The molecule has 0 spiro atoms. The van der Waals surface area contributed by atoms with Gasteiger partial charge in [0.05, 0.1) is 7.11 Å². The van der Waals surface area contributed by atoms with Crippen molar-refractivity contribution in [1.29, 1.82) is 0 Å². The number of halogens is 1. The lowest BCUT2D eigenvalue weighted by atomic mass is 10.2. The summed E-state index contributed by atoms with van der Waals surface area (Å²) in [7, 11) is 3.48. The molecule has 8 nitrogen and oxygen atoms in total. The van der Waals surface area contributed by atoms with Crippen LogP contribution in [0.2, 0.25) is 5.15 Å². The molecule has 0 saturated heterocycles. The zero-order valence-corrected chi connectivity index (χ0v) is 17.9. The molecule has 3 aromatic rings. The Hall–Kier alpha value is -2.36. The topological polar surface area (TPSA) is 87.0 Å². The van der Waals surface area contributed by atoms with E-state index >= 15 is 0 Å². The van der Waals surface area contributed by atoms with E-state index in [1.165, 1.54) is 0 Å². The lowest BCUT2D eigenvalue weighted by molar-refractivity contribution is 0.284. The standard InChI is InChI=1S/C19H23ClN6O2S/c1-26-19(23-24-25-26)29-9-3-8-21-11-14-4-6-16(17(10-14)27-2)28-13-15-5-7-18(20)22-12-15/h4-7,10,12,21H,3,8-9,11,13H2,1-2H3. The Morgan fingerprint density at radius 2 is 2.03 bits per heavy atom. The number of ether oxygens (including phenoxy) is 2. The minimum absolute atomic E-state index is 0.400. The van der Waals surface area contributed by atoms with Crippen molar-refractivity contribution in [2.75, 3.05) is 19.4 Å². The van der Waals surface area contributed by atoms with E-state index in [1.807, 2.05) is 31.3 Å². The molecule has 2 heterocycles. The van der Waals surface area contributed by atoms with Crippen molar-refractivity contribution >= 4 is 23.4 Å². The predicted molar refractivity (Wildman–Crippen MR) is 112 cm³/mol. The second kappa shape index (κ2) is 11.0. The average molecular weight is 435 g/mol. The molecule has 0 aliphatic heterocycles. The zero-order valence-electron chi connectivity index (χ0n) is 16.3. The van der Waals surface area contributed by atoms with E-state index in [2.05, 4.69) is 25.8 Å². The van der Waals surface area contributed by atoms with Crippen molar-refractivity contribution in [2.24, 2.45) is 7.05 Å². The number of rotatable bonds is 11. The molecule has 0 atom stereocenters. The first-order valence-corrected chi connectivity index (χ1v) is 10.5. The third kappa shape index (κ3) is 6.59. The predicted octanol–water partition coefficient (Wildman–Crippen LogP) is 3.12. The monoisotopic (exact) mass is 434 g/mol. The van der Waals surface area contributed by atoms with Crippen LogP contribution in [0.25, 0.3) is 0 Å². The van der Waals surface area contributed by atoms with Crippen molar-refractivity contribution in [2.45, 2.75) is 24.7 Å². The van der Waals surface area contributed by atoms with Crippen LogP contribution in [0, 0.1) is 0 Å². The molecule has 0 bridgehead atoms. The van der Waals surface area contributed by atoms with E-state index < -0.39 is 0 Å². The van der Waals surface area contributed by atoms with E-state index in [9.17, 15) is 0 Å². The van der Waals surface area contributed by atoms with Gasteiger partial charge < -0.3 is 14.8 Å². The summed E-state index contributed by atoms with van der Waals surface area (Å²) in [5.41, 5.74) is 2.07. The maximum atomic E-state index is 5.86. The Morgan fingerprint density at radius 1 is 1.17 bits per heavy atom. The van der Waals surface area contributed by atoms with Crippen molar-refractivity contribution < 1.29 is 9.47 Å². The first-order chi connectivity index (χ1) is 14.2. The van der Waals surface area contributed by atoms with Crippen LogP contribution in [0.1, 0.15) is 17.5 Å². The van der Waals surface area contributed by atoms with E-state index in [-0.39, 0.29) is 0 Å². The first kappa shape index (κ1) is 21.4. The molecule has 1 aromatic carbocycles. The fourth-order valence-electron chi connectivity index (χ4n) is 2.53. The maximum absolute atomic E-state index is 5.86. The quantitative estimate of drug-likeness (QED) is 0.280. The largest absolute Gasteiger partial charge is 0.493 e. The van der Waals surface area contributed by atoms with Crippen LogP contribution in [0.4, 0.5) is 0 Å². The van der Waals surface area contributed by atoms with Crippen LogP contribution >= 0.6 is 23.4 Å². The minimum atomic E-state index is 0.400. The number of aryl methyl sites for hydroxylation is 1. The van der Waals surface area contributed by atoms with Gasteiger partial charge in [-0.15, -0.1) is 5.10 Å². The van der Waals surface area contributed by atoms with Crippen molar-refractivity contribution in [3.8, 4) is 11.5 Å². The first-order valence-electron chi connectivity index (χ1n) is 9.11. The Bertz CT molecular complexity index is 906. The highest BCUT2D eigenvalue weighted by atomic mass is 35.5. The lowest BCUT2D eigenvalue weighted by Crippen LogP contribution is -2.15. The molecular weight excluding hydrogens is 412 g/mol. The molecule has 10 heteroatoms. The molecule has 3 rings (SSSR count). The van der Waals surface area contributed by atoms with Gasteiger partial charge in [-0.1, -0.05) is 35.5 Å². The van der Waals surface area contributed by atoms with Crippen LogP contribution in [-0.4, -0.2) is 44.6 Å². The number of pyridine rings is 1. The van der Waals surface area contributed by atoms with E-state index in [0.717, 1.165) is 41.5 Å². The molecule has 1 N–H and O–H groups in total. The molecular formula is C19H23ClN6O2S. The second-order valence-electron chi connectivity index (χ2n) is 6.23. The summed E-state index contributed by atoms with van der Waals surface area (Å²) in [5, 5.41) is 16.1. The number of benzene rings is 1. The molecule has 0 unspecified atom stereocenters. The summed E-state index contributed by atoms with van der Waals surface area (Å²) in [6, 6.07) is 9.58. The van der Waals surface area contributed by atoms with Gasteiger partial charge >= 0.3 is 0 Å². The van der Waals surface area contributed by atoms with Crippen LogP contribution in [0.15, 0.2) is 41.7 Å². The van der Waals surface area contributed by atoms with E-state index in [0.29, 0.717) is 23.3 Å². The second-order valence-corrected chi connectivity index (χ2v) is 7.68. The molecule has 0 radical (unpaired) electrons. The molecule has 0 amide bonds. The van der Waals surface area contributed by atoms with Gasteiger partial charge in [-0.3, -0.25) is 0 Å². The maximum Gasteiger partial charge on any atom is 0.209 e. The number of nitrogens with zero attached hydrogens (tertiary/aromatic N) is 5. The zero-order chi connectivity index (χ0) is 20.5. The fourth-order valence-corrected chi connectivity index (χ4v) is 3.43. The number of aromatic nitrogens is 5. The summed E-state index contributed by atoms with van der Waals surface area (Å²) >= 11 is 7.46. The van der Waals surface area contributed by atoms with Crippen LogP contribution < -0.4 is 14.8 Å². The molecule has 0 aliphatic rings. The van der Waals surface area contributed by atoms with Crippen molar-refractivity contribution in [3.63, 3.8) is 0 Å². The average Bonchev–Trinajstić information content (AvgIpc) is 3.15. The van der Waals surface area contributed by atoms with Gasteiger partial charge in [0, 0.05) is 31.1 Å². The Balaban J connectivity index is 1.42. The normalized spacial score (nSPS) is 10.9. The smallest absolute Gasteiger partial charge is 0.209 e. The van der Waals surface area contributed by atoms with Crippen LogP contribution in [0.3, 0.4) is 0 Å². The van der Waals surface area contributed by atoms with Crippen LogP contribution in [0.5, 0.6) is 11.5 Å². The Kier molecular flexibility index (Phi) is 8.09. The summed E-state index contributed by atoms with van der Waals surface area (Å²) in [6.07, 6.45) is 2.72. The van der Waals surface area contributed by atoms with Crippen molar-refractivity contribution in [1.82, 2.24) is 30.5 Å². The van der Waals surface area contributed by atoms with Gasteiger partial charge in [0.15, 0.2) is 11.5 Å². The summed E-state index contributed by atoms with van der Waals surface area (Å²) in [4.78, 5) is 4.06. The van der Waals surface area contributed by atoms with Gasteiger partial charge in [0.1, 0.15) is 11.8 Å². The highest BCUT2D eigenvalue weighted by Gasteiger charge is 2.07. The number of hydrogen-bond acceptors (Lipinski definition) is 8. The van der Waals surface area contributed by atoms with Gasteiger partial charge in [-0.05, 0) is 47.2 Å². The Morgan fingerprint density at radius 3 is 2.76 bits per heavy atom. The van der Waals surface area contributed by atoms with Gasteiger partial charge in [-0.25, -0.2) is 9.67 Å². The summed E-state index contributed by atoms with van der Waals surface area (Å²) in [5.74, 6) is 2.35. The third-order valence-electron chi connectivity index (χ3n) is 4.05. The highest BCUT2D eigenvalue weighted by Crippen LogP contribution is 2.29. The number of methoxy groups -OCH3 is 1. The fraction of sp³-hybridized carbons (Fsp3) is 0.368. The van der Waals surface area contributed by atoms with Gasteiger partial charge in [0.25, 0.3) is 0 Å². The molecule has 0 saturated carbocycles. The molecule has 29 heavy (non-hydrogen) atoms. The minimum Gasteiger partial charge on any atom is -0.493 e. The van der Waals surface area contributed by atoms with Gasteiger partial charge in [-0.2, -0.15) is 0 Å². The highest BCUT2D eigenvalue weighted by molar-refractivity contribution is 7.99. The van der Waals surface area contributed by atoms with Crippen LogP contribution in [-0.2, 0) is 20.2 Å². The molecule has 154 valence electrons. The SMILES string of the molecule is COc1cc(CNCCCSc2nnnn2C)ccc1OCc1ccc(Cl)nc1. The lowest BCUT2D eigenvalue weighted by Gasteiger charge is -2.13. The van der Waals surface area contributed by atoms with E-state index in [4.69, 9.17) is 21.1 Å². The van der Waals surface area contributed by atoms with Gasteiger partial charge in [0.2, 0.25) is 5.16 Å². The molecule has 2 aromatic heterocycles. The van der Waals surface area contributed by atoms with Crippen molar-refractivity contribution in [3.05, 3.63) is 52.8 Å². The number of hydrogen-bond donors (Lipinski definition) is 1. The third-order valence-corrected chi connectivity index (χ3v) is 5.37.